The van der Waals surface area contributed by atoms with Gasteiger partial charge < -0.3 is 9.52 Å². The van der Waals surface area contributed by atoms with Crippen molar-refractivity contribution in [2.45, 2.75) is 32.1 Å². The first-order chi connectivity index (χ1) is 26.0. The van der Waals surface area contributed by atoms with Gasteiger partial charge in [0.25, 0.3) is 0 Å². The number of anilines is 2. The normalized spacial score (nSPS) is 26.2. The lowest BCUT2D eigenvalue weighted by atomic mass is 9.51. The van der Waals surface area contributed by atoms with Crippen LogP contribution < -0.4 is 9.80 Å². The summed E-state index contributed by atoms with van der Waals surface area (Å²) >= 11 is 6.12. The summed E-state index contributed by atoms with van der Waals surface area (Å²) in [5, 5.41) is 11.5. The number of para-hydroxylation sites is 3. The SMILES string of the molecule is C=CCc1cccc([C@H]2C3=CC[C@@H]4C(=O)N(c5ccc(-c6nc7ccccc7o6)cc5)C(=O)[C@@H]4[C@@H]3C[C@H]3C(=O)N(c4ccc(F)c(Cl)c4)C(=O)[C@@]23C)c1O. The molecule has 5 aromatic rings. The number of oxazole rings is 1. The number of fused-ring (bicyclic) bond motifs is 5. The van der Waals surface area contributed by atoms with Crippen molar-refractivity contribution in [3.8, 4) is 17.2 Å². The van der Waals surface area contributed by atoms with Gasteiger partial charge in [-0.1, -0.05) is 59.7 Å². The van der Waals surface area contributed by atoms with Gasteiger partial charge in [0.15, 0.2) is 5.58 Å². The smallest absolute Gasteiger partial charge is 0.241 e. The summed E-state index contributed by atoms with van der Waals surface area (Å²) < 4.78 is 20.1. The lowest BCUT2D eigenvalue weighted by Crippen LogP contribution is -2.49. The molecule has 1 aromatic heterocycles. The van der Waals surface area contributed by atoms with Gasteiger partial charge in [-0.2, -0.15) is 0 Å². The standard InChI is InChI=1S/C43H33ClFN3O6/c1-3-7-22-8-6-9-28(37(22)49)36-26-17-18-27-35(29(26)21-30-40(51)48(42(53)43(30,36)2)25-16-19-32(45)31(44)20-25)41(52)47(39(27)50)24-14-12-23(13-15-24)38-46-33-10-4-5-11-34(33)54-38/h3-6,8-17,19-20,27,29-30,35-36,49H,1,7,18,21H2,2H3/t27-,29+,30-,35-,36+,43+/m0/s1. The third-order valence-corrected chi connectivity index (χ3v) is 12.2. The van der Waals surface area contributed by atoms with Crippen LogP contribution in [0.3, 0.4) is 0 Å². The number of aromatic hydroxyl groups is 1. The lowest BCUT2D eigenvalue weighted by Gasteiger charge is -2.49. The van der Waals surface area contributed by atoms with Crippen LogP contribution in [0, 0.1) is 34.9 Å². The Morgan fingerprint density at radius 1 is 0.944 bits per heavy atom. The zero-order valence-corrected chi connectivity index (χ0v) is 29.8. The summed E-state index contributed by atoms with van der Waals surface area (Å²) in [6, 6.07) is 23.3. The minimum absolute atomic E-state index is 0.0240. The largest absolute Gasteiger partial charge is 0.507 e. The number of carbonyl (C=O) groups is 4. The average molecular weight is 742 g/mol. The minimum atomic E-state index is -1.40. The Kier molecular flexibility index (Phi) is 7.76. The minimum Gasteiger partial charge on any atom is -0.507 e. The Labute approximate surface area is 314 Å². The van der Waals surface area contributed by atoms with Gasteiger partial charge in [-0.05, 0) is 92.3 Å². The number of benzene rings is 4. The molecule has 2 aliphatic carbocycles. The highest BCUT2D eigenvalue weighted by molar-refractivity contribution is 6.32. The molecule has 54 heavy (non-hydrogen) atoms. The van der Waals surface area contributed by atoms with Gasteiger partial charge in [-0.15, -0.1) is 6.58 Å². The number of halogens is 2. The quantitative estimate of drug-likeness (QED) is 0.138. The van der Waals surface area contributed by atoms with E-state index in [0.29, 0.717) is 45.8 Å². The fourth-order valence-electron chi connectivity index (χ4n) is 9.40. The second-order valence-electron chi connectivity index (χ2n) is 14.7. The van der Waals surface area contributed by atoms with Crippen LogP contribution >= 0.6 is 11.6 Å². The summed E-state index contributed by atoms with van der Waals surface area (Å²) in [4.78, 5) is 64.7. The Hall–Kier alpha value is -5.87. The van der Waals surface area contributed by atoms with Crippen molar-refractivity contribution in [2.24, 2.45) is 29.1 Å². The molecular formula is C43H33ClFN3O6. The van der Waals surface area contributed by atoms with Gasteiger partial charge in [0.05, 0.1) is 39.6 Å². The molecule has 11 heteroatoms. The Morgan fingerprint density at radius 2 is 1.70 bits per heavy atom. The van der Waals surface area contributed by atoms with Crippen molar-refractivity contribution in [1.82, 2.24) is 4.98 Å². The molecule has 6 atom stereocenters. The van der Waals surface area contributed by atoms with Gasteiger partial charge in [0.2, 0.25) is 29.5 Å². The first-order valence-electron chi connectivity index (χ1n) is 17.8. The van der Waals surface area contributed by atoms with Crippen LogP contribution in [0.1, 0.15) is 36.8 Å². The van der Waals surface area contributed by atoms with Crippen LogP contribution in [0.2, 0.25) is 5.02 Å². The van der Waals surface area contributed by atoms with Crippen molar-refractivity contribution >= 4 is 57.7 Å². The van der Waals surface area contributed by atoms with E-state index in [1.54, 1.807) is 55.5 Å². The number of phenols is 1. The third kappa shape index (κ3) is 4.78. The number of allylic oxidation sites excluding steroid dienone is 3. The van der Waals surface area contributed by atoms with Crippen LogP contribution in [-0.2, 0) is 25.6 Å². The molecule has 0 spiro atoms. The van der Waals surface area contributed by atoms with Gasteiger partial charge in [-0.25, -0.2) is 14.3 Å². The second-order valence-corrected chi connectivity index (χ2v) is 15.1. The molecule has 3 fully saturated rings. The van der Waals surface area contributed by atoms with Crippen molar-refractivity contribution in [3.05, 3.63) is 131 Å². The fourth-order valence-corrected chi connectivity index (χ4v) is 9.57. The Balaban J connectivity index is 1.12. The monoisotopic (exact) mass is 741 g/mol. The molecule has 0 bridgehead atoms. The van der Waals surface area contributed by atoms with E-state index in [9.17, 15) is 28.7 Å². The van der Waals surface area contributed by atoms with E-state index >= 15 is 0 Å². The summed E-state index contributed by atoms with van der Waals surface area (Å²) in [6.45, 7) is 5.54. The number of phenolic OH excluding ortho intramolecular Hbond substituents is 1. The molecule has 2 saturated heterocycles. The van der Waals surface area contributed by atoms with Crippen LogP contribution in [0.5, 0.6) is 5.75 Å². The van der Waals surface area contributed by atoms with Crippen LogP contribution in [-0.4, -0.2) is 33.7 Å². The zero-order chi connectivity index (χ0) is 37.6. The van der Waals surface area contributed by atoms with Crippen molar-refractivity contribution in [2.75, 3.05) is 9.80 Å². The van der Waals surface area contributed by atoms with E-state index in [2.05, 4.69) is 11.6 Å². The number of nitrogens with zero attached hydrogens (tertiary/aromatic N) is 3. The lowest BCUT2D eigenvalue weighted by molar-refractivity contribution is -0.131. The van der Waals surface area contributed by atoms with Gasteiger partial charge in [0, 0.05) is 17.0 Å². The molecule has 4 aliphatic rings. The molecule has 270 valence electrons. The Bertz CT molecular complexity index is 2460. The van der Waals surface area contributed by atoms with Gasteiger partial charge >= 0.3 is 0 Å². The van der Waals surface area contributed by atoms with Crippen LogP contribution in [0.15, 0.2) is 114 Å². The molecule has 1 N–H and O–H groups in total. The number of hydrogen-bond donors (Lipinski definition) is 1. The zero-order valence-electron chi connectivity index (χ0n) is 29.0. The van der Waals surface area contributed by atoms with E-state index in [0.717, 1.165) is 16.5 Å². The number of carbonyl (C=O) groups excluding carboxylic acids is 4. The summed E-state index contributed by atoms with van der Waals surface area (Å²) in [5.41, 5.74) is 2.94. The summed E-state index contributed by atoms with van der Waals surface area (Å²) in [7, 11) is 0. The van der Waals surface area contributed by atoms with Crippen LogP contribution in [0.4, 0.5) is 15.8 Å². The number of aromatic nitrogens is 1. The van der Waals surface area contributed by atoms with E-state index in [4.69, 9.17) is 16.0 Å². The molecular weight excluding hydrogens is 709 g/mol. The molecule has 1 saturated carbocycles. The van der Waals surface area contributed by atoms with Crippen LogP contribution in [0.25, 0.3) is 22.6 Å². The first kappa shape index (κ1) is 33.9. The van der Waals surface area contributed by atoms with Crippen molar-refractivity contribution in [3.63, 3.8) is 0 Å². The molecule has 4 aromatic carbocycles. The Morgan fingerprint density at radius 3 is 2.44 bits per heavy atom. The van der Waals surface area contributed by atoms with E-state index in [1.165, 1.54) is 17.0 Å². The summed E-state index contributed by atoms with van der Waals surface area (Å²) in [5.74, 6) is -5.91. The molecule has 9 nitrogen and oxygen atoms in total. The van der Waals surface area contributed by atoms with E-state index < -0.39 is 52.6 Å². The highest BCUT2D eigenvalue weighted by Gasteiger charge is 2.68. The molecule has 9 rings (SSSR count). The first-order valence-corrected chi connectivity index (χ1v) is 18.2. The van der Waals surface area contributed by atoms with E-state index in [-0.39, 0.29) is 41.1 Å². The van der Waals surface area contributed by atoms with Gasteiger partial charge in [0.1, 0.15) is 17.1 Å². The number of amides is 4. The fraction of sp³-hybridized carbons (Fsp3) is 0.233. The molecule has 0 radical (unpaired) electrons. The highest BCUT2D eigenvalue weighted by atomic mass is 35.5. The second kappa shape index (κ2) is 12.3. The maximum atomic E-state index is 14.7. The predicted molar refractivity (Wildman–Crippen MR) is 200 cm³/mol. The van der Waals surface area contributed by atoms with Gasteiger partial charge in [-0.3, -0.25) is 24.1 Å². The molecule has 2 aliphatic heterocycles. The molecule has 3 heterocycles. The predicted octanol–water partition coefficient (Wildman–Crippen LogP) is 8.16. The number of imide groups is 2. The maximum absolute atomic E-state index is 14.7. The number of rotatable bonds is 6. The molecule has 0 unspecified atom stereocenters. The highest BCUT2D eigenvalue weighted by Crippen LogP contribution is 2.64. The maximum Gasteiger partial charge on any atom is 0.241 e. The van der Waals surface area contributed by atoms with Crippen molar-refractivity contribution < 1.29 is 33.1 Å². The average Bonchev–Trinajstić information content (AvgIpc) is 3.77. The van der Waals surface area contributed by atoms with Crippen molar-refractivity contribution in [1.29, 1.82) is 0 Å². The third-order valence-electron chi connectivity index (χ3n) is 11.9. The number of hydrogen-bond acceptors (Lipinski definition) is 7. The van der Waals surface area contributed by atoms with E-state index in [1.807, 2.05) is 30.3 Å². The summed E-state index contributed by atoms with van der Waals surface area (Å²) in [6.07, 6.45) is 4.31. The molecule has 4 amide bonds. The topological polar surface area (TPSA) is 121 Å².